The molecule has 0 spiro atoms. The fourth-order valence-electron chi connectivity index (χ4n) is 1.71. The van der Waals surface area contributed by atoms with Gasteiger partial charge in [0, 0.05) is 5.69 Å². The first-order valence-electron chi connectivity index (χ1n) is 5.89. The normalized spacial score (nSPS) is 11.2. The summed E-state index contributed by atoms with van der Waals surface area (Å²) < 4.78 is 1.15. The topological polar surface area (TPSA) is 50.2 Å². The highest BCUT2D eigenvalue weighted by Gasteiger charge is 2.00. The number of aromatic nitrogens is 2. The molecule has 3 aromatic rings. The Labute approximate surface area is 114 Å². The Bertz CT molecular complexity index is 700. The van der Waals surface area contributed by atoms with E-state index in [2.05, 4.69) is 20.5 Å². The quantitative estimate of drug-likeness (QED) is 0.584. The molecule has 1 N–H and O–H groups in total. The number of thiazole rings is 1. The van der Waals surface area contributed by atoms with Crippen LogP contribution in [0.25, 0.3) is 10.2 Å². The Hall–Kier alpha value is -2.27. The van der Waals surface area contributed by atoms with Crippen LogP contribution in [0.4, 0.5) is 5.13 Å². The van der Waals surface area contributed by atoms with E-state index in [0.29, 0.717) is 0 Å². The molecule has 0 aliphatic heterocycles. The van der Waals surface area contributed by atoms with Gasteiger partial charge in [-0.15, -0.1) is 0 Å². The van der Waals surface area contributed by atoms with E-state index in [1.165, 1.54) is 0 Å². The average Bonchev–Trinajstić information content (AvgIpc) is 2.81. The van der Waals surface area contributed by atoms with Crippen LogP contribution in [0, 0.1) is 6.92 Å². The van der Waals surface area contributed by atoms with Crippen molar-refractivity contribution in [3.05, 3.63) is 53.9 Å². The van der Waals surface area contributed by atoms with Gasteiger partial charge in [0.05, 0.1) is 22.1 Å². The fraction of sp³-hybridized carbons (Fsp3) is 0.0714. The molecule has 0 saturated heterocycles. The van der Waals surface area contributed by atoms with Gasteiger partial charge in [-0.3, -0.25) is 10.4 Å². The minimum atomic E-state index is 0.783. The predicted octanol–water partition coefficient (Wildman–Crippen LogP) is 3.45. The molecule has 0 bridgehead atoms. The summed E-state index contributed by atoms with van der Waals surface area (Å²) in [5.41, 5.74) is 5.73. The standard InChI is InChI=1S/C14H12N4S/c1-10-5-4-6-11(16-10)9-15-18-14-17-12-7-2-3-8-13(12)19-14/h2-9H,1H3,(H,17,18)/b15-9+. The molecule has 0 atom stereocenters. The van der Waals surface area contributed by atoms with E-state index in [0.717, 1.165) is 26.7 Å². The van der Waals surface area contributed by atoms with E-state index in [1.54, 1.807) is 17.6 Å². The molecule has 0 unspecified atom stereocenters. The lowest BCUT2D eigenvalue weighted by Gasteiger charge is -1.95. The number of nitrogens with one attached hydrogen (secondary N) is 1. The van der Waals surface area contributed by atoms with Gasteiger partial charge >= 0.3 is 0 Å². The fourth-order valence-corrected chi connectivity index (χ4v) is 2.53. The Kier molecular flexibility index (Phi) is 3.20. The first kappa shape index (κ1) is 11.8. The second-order valence-electron chi connectivity index (χ2n) is 4.06. The van der Waals surface area contributed by atoms with Crippen LogP contribution < -0.4 is 5.43 Å². The van der Waals surface area contributed by atoms with Crippen molar-refractivity contribution in [1.29, 1.82) is 0 Å². The van der Waals surface area contributed by atoms with Crippen LogP contribution >= 0.6 is 11.3 Å². The Morgan fingerprint density at radius 1 is 1.11 bits per heavy atom. The second kappa shape index (κ2) is 5.16. The van der Waals surface area contributed by atoms with Crippen molar-refractivity contribution < 1.29 is 0 Å². The summed E-state index contributed by atoms with van der Waals surface area (Å²) in [6.07, 6.45) is 1.69. The largest absolute Gasteiger partial charge is 0.253 e. The molecule has 0 saturated carbocycles. The van der Waals surface area contributed by atoms with Crippen LogP contribution in [0.15, 0.2) is 47.6 Å². The third-order valence-electron chi connectivity index (χ3n) is 2.56. The maximum atomic E-state index is 4.43. The molecule has 0 fully saturated rings. The van der Waals surface area contributed by atoms with E-state index < -0.39 is 0 Å². The van der Waals surface area contributed by atoms with Crippen molar-refractivity contribution in [3.8, 4) is 0 Å². The van der Waals surface area contributed by atoms with Crippen LogP contribution in [-0.2, 0) is 0 Å². The summed E-state index contributed by atoms with van der Waals surface area (Å²) in [7, 11) is 0. The highest BCUT2D eigenvalue weighted by atomic mass is 32.1. The molecule has 0 amide bonds. The molecule has 2 aromatic heterocycles. The lowest BCUT2D eigenvalue weighted by molar-refractivity contribution is 1.18. The monoisotopic (exact) mass is 268 g/mol. The van der Waals surface area contributed by atoms with Crippen LogP contribution in [0.5, 0.6) is 0 Å². The zero-order valence-electron chi connectivity index (χ0n) is 10.4. The molecule has 0 aliphatic rings. The molecule has 5 heteroatoms. The summed E-state index contributed by atoms with van der Waals surface area (Å²) in [6.45, 7) is 1.96. The molecule has 19 heavy (non-hydrogen) atoms. The average molecular weight is 268 g/mol. The SMILES string of the molecule is Cc1cccc(/C=N/Nc2nc3ccccc3s2)n1. The molecule has 1 aromatic carbocycles. The number of nitrogens with zero attached hydrogens (tertiary/aromatic N) is 3. The third-order valence-corrected chi connectivity index (χ3v) is 3.50. The second-order valence-corrected chi connectivity index (χ2v) is 5.09. The van der Waals surface area contributed by atoms with Crippen LogP contribution in [-0.4, -0.2) is 16.2 Å². The Morgan fingerprint density at radius 3 is 2.84 bits per heavy atom. The van der Waals surface area contributed by atoms with Gasteiger partial charge in [-0.05, 0) is 31.2 Å². The predicted molar refractivity (Wildman–Crippen MR) is 79.8 cm³/mol. The zero-order chi connectivity index (χ0) is 13.1. The smallest absolute Gasteiger partial charge is 0.204 e. The molecule has 0 aliphatic carbocycles. The summed E-state index contributed by atoms with van der Waals surface area (Å²) in [5, 5.41) is 4.94. The number of aryl methyl sites for hydroxylation is 1. The minimum absolute atomic E-state index is 0.783. The number of fused-ring (bicyclic) bond motifs is 1. The number of rotatable bonds is 3. The summed E-state index contributed by atoms with van der Waals surface area (Å²) in [5.74, 6) is 0. The maximum Gasteiger partial charge on any atom is 0.204 e. The number of anilines is 1. The maximum absolute atomic E-state index is 4.43. The zero-order valence-corrected chi connectivity index (χ0v) is 11.2. The molecular formula is C14H12N4S. The number of pyridine rings is 1. The van der Waals surface area contributed by atoms with E-state index in [-0.39, 0.29) is 0 Å². The molecule has 4 nitrogen and oxygen atoms in total. The summed E-state index contributed by atoms with van der Waals surface area (Å²) >= 11 is 1.58. The molecule has 0 radical (unpaired) electrons. The highest BCUT2D eigenvalue weighted by molar-refractivity contribution is 7.22. The molecule has 2 heterocycles. The minimum Gasteiger partial charge on any atom is -0.253 e. The van der Waals surface area contributed by atoms with Crippen molar-refractivity contribution in [2.45, 2.75) is 6.92 Å². The van der Waals surface area contributed by atoms with Gasteiger partial charge in [0.2, 0.25) is 5.13 Å². The Balaban J connectivity index is 1.75. The van der Waals surface area contributed by atoms with Crippen molar-refractivity contribution in [2.24, 2.45) is 5.10 Å². The van der Waals surface area contributed by atoms with E-state index in [9.17, 15) is 0 Å². The number of hydrogen-bond donors (Lipinski definition) is 1. The van der Waals surface area contributed by atoms with Crippen molar-refractivity contribution in [3.63, 3.8) is 0 Å². The lowest BCUT2D eigenvalue weighted by Crippen LogP contribution is -1.93. The van der Waals surface area contributed by atoms with Crippen molar-refractivity contribution in [2.75, 3.05) is 5.43 Å². The third kappa shape index (κ3) is 2.77. The van der Waals surface area contributed by atoms with E-state index in [1.807, 2.05) is 49.4 Å². The van der Waals surface area contributed by atoms with Gasteiger partial charge < -0.3 is 0 Å². The highest BCUT2D eigenvalue weighted by Crippen LogP contribution is 2.25. The first-order chi connectivity index (χ1) is 9.31. The van der Waals surface area contributed by atoms with Gasteiger partial charge in [0.15, 0.2) is 0 Å². The van der Waals surface area contributed by atoms with E-state index >= 15 is 0 Å². The number of para-hydroxylation sites is 1. The van der Waals surface area contributed by atoms with Crippen LogP contribution in [0.3, 0.4) is 0 Å². The van der Waals surface area contributed by atoms with Crippen molar-refractivity contribution in [1.82, 2.24) is 9.97 Å². The Morgan fingerprint density at radius 2 is 2.00 bits per heavy atom. The van der Waals surface area contributed by atoms with Crippen LogP contribution in [0.2, 0.25) is 0 Å². The van der Waals surface area contributed by atoms with Crippen molar-refractivity contribution >= 4 is 32.9 Å². The number of hydrogen-bond acceptors (Lipinski definition) is 5. The van der Waals surface area contributed by atoms with Gasteiger partial charge in [-0.25, -0.2) is 4.98 Å². The number of benzene rings is 1. The van der Waals surface area contributed by atoms with Gasteiger partial charge in [0.25, 0.3) is 0 Å². The van der Waals surface area contributed by atoms with Crippen LogP contribution in [0.1, 0.15) is 11.4 Å². The number of hydrazone groups is 1. The summed E-state index contributed by atoms with van der Waals surface area (Å²) in [4.78, 5) is 8.78. The van der Waals surface area contributed by atoms with Gasteiger partial charge in [-0.1, -0.05) is 29.5 Å². The summed E-state index contributed by atoms with van der Waals surface area (Å²) in [6, 6.07) is 13.8. The van der Waals surface area contributed by atoms with E-state index in [4.69, 9.17) is 0 Å². The molecule has 3 rings (SSSR count). The first-order valence-corrected chi connectivity index (χ1v) is 6.71. The molecular weight excluding hydrogens is 256 g/mol. The van der Waals surface area contributed by atoms with Gasteiger partial charge in [0.1, 0.15) is 0 Å². The lowest BCUT2D eigenvalue weighted by atomic mass is 10.3. The van der Waals surface area contributed by atoms with Gasteiger partial charge in [-0.2, -0.15) is 5.10 Å². The molecule has 94 valence electrons.